The van der Waals surface area contributed by atoms with Crippen LogP contribution in [-0.4, -0.2) is 31.4 Å². The zero-order chi connectivity index (χ0) is 24.4. The van der Waals surface area contributed by atoms with Gasteiger partial charge in [-0.3, -0.25) is 9.36 Å². The molecule has 1 aliphatic rings. The number of aromatic nitrogens is 1. The quantitative estimate of drug-likeness (QED) is 0.509. The lowest BCUT2D eigenvalue weighted by Crippen LogP contribution is -2.40. The van der Waals surface area contributed by atoms with Crippen LogP contribution in [0.2, 0.25) is 0 Å². The van der Waals surface area contributed by atoms with Gasteiger partial charge in [0.2, 0.25) is 0 Å². The molecular weight excluding hydrogens is 452 g/mol. The molecule has 3 aromatic rings. The molecule has 0 saturated heterocycles. The van der Waals surface area contributed by atoms with Crippen molar-refractivity contribution in [2.45, 2.75) is 26.8 Å². The molecule has 34 heavy (non-hydrogen) atoms. The molecule has 4 rings (SSSR count). The maximum Gasteiger partial charge on any atom is 0.338 e. The number of ether oxygens (including phenoxy) is 3. The van der Waals surface area contributed by atoms with E-state index in [0.29, 0.717) is 37.7 Å². The summed E-state index contributed by atoms with van der Waals surface area (Å²) in [4.78, 5) is 31.9. The Balaban J connectivity index is 2.01. The highest BCUT2D eigenvalue weighted by Crippen LogP contribution is 2.40. The van der Waals surface area contributed by atoms with Gasteiger partial charge in [-0.1, -0.05) is 53.3 Å². The van der Waals surface area contributed by atoms with Gasteiger partial charge < -0.3 is 14.2 Å². The minimum Gasteiger partial charge on any atom is -0.493 e. The third kappa shape index (κ3) is 4.17. The van der Waals surface area contributed by atoms with Gasteiger partial charge in [0.15, 0.2) is 16.3 Å². The van der Waals surface area contributed by atoms with Crippen LogP contribution in [-0.2, 0) is 9.53 Å². The van der Waals surface area contributed by atoms with E-state index in [1.165, 1.54) is 18.4 Å². The zero-order valence-corrected chi connectivity index (χ0v) is 20.6. The van der Waals surface area contributed by atoms with Gasteiger partial charge in [0.05, 0.1) is 36.6 Å². The third-order valence-electron chi connectivity index (χ3n) is 5.62. The molecule has 0 saturated carbocycles. The van der Waals surface area contributed by atoms with Crippen molar-refractivity contribution in [3.8, 4) is 11.5 Å². The number of aryl methyl sites for hydroxylation is 1. The first kappa shape index (κ1) is 23.5. The van der Waals surface area contributed by atoms with Gasteiger partial charge in [-0.2, -0.15) is 0 Å². The van der Waals surface area contributed by atoms with Gasteiger partial charge in [-0.15, -0.1) is 0 Å². The third-order valence-corrected chi connectivity index (χ3v) is 6.60. The summed E-state index contributed by atoms with van der Waals surface area (Å²) in [5, 5.41) is 0. The van der Waals surface area contributed by atoms with Crippen molar-refractivity contribution in [3.63, 3.8) is 0 Å². The summed E-state index contributed by atoms with van der Waals surface area (Å²) in [6, 6.07) is 12.5. The topological polar surface area (TPSA) is 79.1 Å². The zero-order valence-electron chi connectivity index (χ0n) is 19.7. The Bertz CT molecular complexity index is 1450. The minimum absolute atomic E-state index is 0.204. The number of thiazole rings is 1. The van der Waals surface area contributed by atoms with Crippen LogP contribution in [0.15, 0.2) is 63.5 Å². The summed E-state index contributed by atoms with van der Waals surface area (Å²) in [5.41, 5.74) is 3.21. The van der Waals surface area contributed by atoms with E-state index in [2.05, 4.69) is 4.99 Å². The van der Waals surface area contributed by atoms with Gasteiger partial charge in [-0.25, -0.2) is 9.79 Å². The second-order valence-corrected chi connectivity index (χ2v) is 8.80. The van der Waals surface area contributed by atoms with Crippen LogP contribution >= 0.6 is 11.3 Å². The molecule has 176 valence electrons. The predicted molar refractivity (Wildman–Crippen MR) is 131 cm³/mol. The summed E-state index contributed by atoms with van der Waals surface area (Å²) in [6.07, 6.45) is 1.84. The highest BCUT2D eigenvalue weighted by molar-refractivity contribution is 7.07. The maximum atomic E-state index is 13.7. The Hall–Kier alpha value is -3.65. The molecule has 1 unspecified atom stereocenters. The Morgan fingerprint density at radius 2 is 1.85 bits per heavy atom. The van der Waals surface area contributed by atoms with Crippen molar-refractivity contribution in [1.82, 2.24) is 4.57 Å². The molecule has 2 aromatic carbocycles. The van der Waals surface area contributed by atoms with Crippen molar-refractivity contribution in [2.75, 3.05) is 20.8 Å². The van der Waals surface area contributed by atoms with Crippen molar-refractivity contribution >= 4 is 23.4 Å². The van der Waals surface area contributed by atoms with Gasteiger partial charge in [0.25, 0.3) is 5.56 Å². The molecule has 1 aliphatic heterocycles. The van der Waals surface area contributed by atoms with Crippen LogP contribution in [0.5, 0.6) is 11.5 Å². The van der Waals surface area contributed by atoms with Gasteiger partial charge in [-0.05, 0) is 38.5 Å². The maximum absolute atomic E-state index is 13.7. The molecular formula is C26H26N2O5S. The van der Waals surface area contributed by atoms with E-state index in [1.54, 1.807) is 37.7 Å². The number of methoxy groups -OCH3 is 2. The van der Waals surface area contributed by atoms with E-state index in [0.717, 1.165) is 11.1 Å². The molecule has 2 heterocycles. The van der Waals surface area contributed by atoms with E-state index in [4.69, 9.17) is 14.2 Å². The van der Waals surface area contributed by atoms with Crippen molar-refractivity contribution in [2.24, 2.45) is 4.99 Å². The average Bonchev–Trinajstić information content (AvgIpc) is 3.13. The average molecular weight is 479 g/mol. The standard InChI is InChI=1S/C26H26N2O5S/c1-6-33-25(30)21-16(3)27-26-28(22(21)18-8-7-9-19(31-4)23(18)32-5)24(29)20(34-26)14-17-12-10-15(2)11-13-17/h7-14,22H,6H2,1-5H3. The number of nitrogens with zero attached hydrogens (tertiary/aromatic N) is 2. The summed E-state index contributed by atoms with van der Waals surface area (Å²) >= 11 is 1.28. The van der Waals surface area contributed by atoms with Crippen LogP contribution in [0, 0.1) is 6.92 Å². The highest BCUT2D eigenvalue weighted by atomic mass is 32.1. The number of benzene rings is 2. The van der Waals surface area contributed by atoms with Gasteiger partial charge in [0, 0.05) is 5.56 Å². The van der Waals surface area contributed by atoms with E-state index >= 15 is 0 Å². The monoisotopic (exact) mass is 478 g/mol. The molecule has 8 heteroatoms. The van der Waals surface area contributed by atoms with Crippen LogP contribution in [0.1, 0.15) is 36.6 Å². The summed E-state index contributed by atoms with van der Waals surface area (Å²) in [5.74, 6) is 0.422. The second kappa shape index (κ2) is 9.69. The number of hydrogen-bond donors (Lipinski definition) is 0. The van der Waals surface area contributed by atoms with Crippen LogP contribution in [0.25, 0.3) is 6.08 Å². The molecule has 0 spiro atoms. The molecule has 0 bridgehead atoms. The molecule has 1 atom stereocenters. The van der Waals surface area contributed by atoms with E-state index < -0.39 is 12.0 Å². The molecule has 0 aliphatic carbocycles. The van der Waals surface area contributed by atoms with Crippen LogP contribution in [0.4, 0.5) is 0 Å². The largest absolute Gasteiger partial charge is 0.493 e. The number of rotatable bonds is 6. The second-order valence-electron chi connectivity index (χ2n) is 7.80. The Morgan fingerprint density at radius 3 is 2.50 bits per heavy atom. The van der Waals surface area contributed by atoms with Crippen molar-refractivity contribution < 1.29 is 19.0 Å². The number of carbonyl (C=O) groups is 1. The van der Waals surface area contributed by atoms with E-state index in [-0.39, 0.29) is 12.2 Å². The van der Waals surface area contributed by atoms with Gasteiger partial charge >= 0.3 is 5.97 Å². The van der Waals surface area contributed by atoms with E-state index in [9.17, 15) is 9.59 Å². The van der Waals surface area contributed by atoms with Crippen LogP contribution in [0.3, 0.4) is 0 Å². The number of fused-ring (bicyclic) bond motifs is 1. The number of hydrogen-bond acceptors (Lipinski definition) is 7. The normalized spacial score (nSPS) is 15.6. The molecule has 0 N–H and O–H groups in total. The predicted octanol–water partition coefficient (Wildman–Crippen LogP) is 3.12. The smallest absolute Gasteiger partial charge is 0.338 e. The van der Waals surface area contributed by atoms with E-state index in [1.807, 2.05) is 43.3 Å². The first-order valence-electron chi connectivity index (χ1n) is 10.9. The molecule has 0 amide bonds. The fraction of sp³-hybridized carbons (Fsp3) is 0.269. The van der Waals surface area contributed by atoms with Crippen molar-refractivity contribution in [1.29, 1.82) is 0 Å². The fourth-order valence-corrected chi connectivity index (χ4v) is 5.07. The number of esters is 1. The lowest BCUT2D eigenvalue weighted by Gasteiger charge is -2.26. The first-order chi connectivity index (χ1) is 16.4. The highest BCUT2D eigenvalue weighted by Gasteiger charge is 2.35. The number of allylic oxidation sites excluding steroid dienone is 1. The SMILES string of the molecule is CCOC(=O)C1=C(C)N=c2sc(=Cc3ccc(C)cc3)c(=O)n2C1c1cccc(OC)c1OC. The first-order valence-corrected chi connectivity index (χ1v) is 11.7. The summed E-state index contributed by atoms with van der Waals surface area (Å²) in [7, 11) is 3.07. The lowest BCUT2D eigenvalue weighted by molar-refractivity contribution is -0.139. The Labute approximate surface area is 201 Å². The number of carbonyl (C=O) groups excluding carboxylic acids is 1. The lowest BCUT2D eigenvalue weighted by atomic mass is 9.94. The minimum atomic E-state index is -0.777. The van der Waals surface area contributed by atoms with Gasteiger partial charge in [0.1, 0.15) is 6.04 Å². The fourth-order valence-electron chi connectivity index (χ4n) is 4.03. The molecule has 1 aromatic heterocycles. The summed E-state index contributed by atoms with van der Waals surface area (Å²) < 4.78 is 18.6. The number of para-hydroxylation sites is 1. The Morgan fingerprint density at radius 1 is 1.12 bits per heavy atom. The molecule has 0 fully saturated rings. The molecule has 7 nitrogen and oxygen atoms in total. The Kier molecular flexibility index (Phi) is 6.70. The van der Waals surface area contributed by atoms with Crippen LogP contribution < -0.4 is 24.4 Å². The molecule has 0 radical (unpaired) electrons. The summed E-state index contributed by atoms with van der Waals surface area (Å²) in [6.45, 7) is 5.71. The van der Waals surface area contributed by atoms with Crippen molar-refractivity contribution in [3.05, 3.63) is 90.1 Å².